The highest BCUT2D eigenvalue weighted by atomic mass is 32.1. The minimum Gasteiger partial charge on any atom is -0.457 e. The number of thiophene rings is 1. The fourth-order valence-corrected chi connectivity index (χ4v) is 10.9. The summed E-state index contributed by atoms with van der Waals surface area (Å²) >= 11 is 1.74. The van der Waals surface area contributed by atoms with Crippen LogP contribution in [0.25, 0.3) is 88.2 Å². The van der Waals surface area contributed by atoms with Gasteiger partial charge >= 0.3 is 0 Å². The van der Waals surface area contributed by atoms with E-state index >= 15 is 0 Å². The third-order valence-electron chi connectivity index (χ3n) is 12.4. The van der Waals surface area contributed by atoms with Gasteiger partial charge in [0.2, 0.25) is 0 Å². The second-order valence-electron chi connectivity index (χ2n) is 15.9. The van der Waals surface area contributed by atoms with Gasteiger partial charge in [0, 0.05) is 49.0 Å². The average Bonchev–Trinajstić information content (AvgIpc) is 3.88. The van der Waals surface area contributed by atoms with Gasteiger partial charge in [-0.15, -0.1) is 11.3 Å². The van der Waals surface area contributed by atoms with E-state index in [0.717, 1.165) is 94.0 Å². The van der Waals surface area contributed by atoms with Crippen molar-refractivity contribution in [3.8, 4) is 79.4 Å². The molecule has 2 aliphatic rings. The monoisotopic (exact) mass is 823 g/mol. The van der Waals surface area contributed by atoms with Crippen LogP contribution < -0.4 is 4.74 Å². The molecule has 0 N–H and O–H groups in total. The first-order valence-electron chi connectivity index (χ1n) is 21.0. The number of para-hydroxylation sites is 2. The van der Waals surface area contributed by atoms with Gasteiger partial charge in [-0.05, 0) is 46.5 Å². The van der Waals surface area contributed by atoms with Crippen molar-refractivity contribution in [1.29, 1.82) is 0 Å². The molecular formula is C56H33N5OS. The van der Waals surface area contributed by atoms with Gasteiger partial charge in [0.1, 0.15) is 11.5 Å². The second-order valence-corrected chi connectivity index (χ2v) is 17.0. The maximum absolute atomic E-state index is 6.72. The Morgan fingerprint density at radius 1 is 0.381 bits per heavy atom. The Balaban J connectivity index is 1.13. The van der Waals surface area contributed by atoms with Crippen molar-refractivity contribution in [3.05, 3.63) is 222 Å². The number of rotatable bonds is 5. The van der Waals surface area contributed by atoms with Gasteiger partial charge in [0.15, 0.2) is 23.3 Å². The lowest BCUT2D eigenvalue weighted by atomic mass is 9.66. The predicted octanol–water partition coefficient (Wildman–Crippen LogP) is 13.8. The molecule has 63 heavy (non-hydrogen) atoms. The zero-order valence-electron chi connectivity index (χ0n) is 33.6. The summed E-state index contributed by atoms with van der Waals surface area (Å²) in [5, 5.41) is 1.12. The number of hydrogen-bond acceptors (Lipinski definition) is 7. The lowest BCUT2D eigenvalue weighted by Gasteiger charge is -2.39. The lowest BCUT2D eigenvalue weighted by Crippen LogP contribution is -2.32. The SMILES string of the molecule is c1ccc(-c2nc(-c3ccccc3)nc(-c3cccc4c3-c3cc(-c5nc(-c6ccccc6)nc6c5sc5ccccc56)ccc3C43c4ccccc4Oc4ccccc43)n2)cc1. The van der Waals surface area contributed by atoms with E-state index < -0.39 is 5.41 Å². The van der Waals surface area contributed by atoms with Crippen molar-refractivity contribution < 1.29 is 4.74 Å². The van der Waals surface area contributed by atoms with Gasteiger partial charge in [-0.2, -0.15) is 0 Å². The fraction of sp³-hybridized carbons (Fsp3) is 0.0179. The van der Waals surface area contributed by atoms with Gasteiger partial charge < -0.3 is 4.74 Å². The molecule has 6 nitrogen and oxygen atoms in total. The molecule has 294 valence electrons. The standard InChI is InChI=1S/C56H33N5OS/c1-4-17-34(18-5-1)52-57-49(51-50(58-52)38-23-10-15-30-47(38)63-51)37-31-32-41-40(33-37)48-39(55-60-53(35-19-6-2-7-20-35)59-54(61-55)36-21-8-3-9-22-36)24-16-27-44(48)56(41)42-25-11-13-28-45(42)62-46-29-14-12-26-43(46)56/h1-33H. The normalized spacial score (nSPS) is 13.0. The summed E-state index contributed by atoms with van der Waals surface area (Å²) in [5.41, 5.74) is 12.5. The molecule has 0 fully saturated rings. The lowest BCUT2D eigenvalue weighted by molar-refractivity contribution is 0.436. The van der Waals surface area contributed by atoms with E-state index in [0.29, 0.717) is 23.3 Å². The van der Waals surface area contributed by atoms with Crippen molar-refractivity contribution in [2.75, 3.05) is 0 Å². The third-order valence-corrected chi connectivity index (χ3v) is 13.6. The van der Waals surface area contributed by atoms with E-state index in [1.165, 1.54) is 4.70 Å². The molecule has 8 aromatic carbocycles. The van der Waals surface area contributed by atoms with Crippen LogP contribution in [0.1, 0.15) is 22.3 Å². The first kappa shape index (κ1) is 35.6. The molecule has 1 aliphatic carbocycles. The molecule has 0 amide bonds. The Kier molecular flexibility index (Phi) is 7.89. The molecule has 0 saturated carbocycles. The number of benzene rings is 8. The Hall–Kier alpha value is -8.13. The van der Waals surface area contributed by atoms with Crippen molar-refractivity contribution in [3.63, 3.8) is 0 Å². The second kappa shape index (κ2) is 14.0. The van der Waals surface area contributed by atoms with Crippen LogP contribution in [0.3, 0.4) is 0 Å². The van der Waals surface area contributed by atoms with E-state index in [-0.39, 0.29) is 0 Å². The first-order chi connectivity index (χ1) is 31.2. The molecule has 0 unspecified atom stereocenters. The van der Waals surface area contributed by atoms with E-state index in [1.54, 1.807) is 11.3 Å². The van der Waals surface area contributed by atoms with Crippen LogP contribution in [0.15, 0.2) is 200 Å². The van der Waals surface area contributed by atoms with Crippen LogP contribution in [0.5, 0.6) is 11.5 Å². The van der Waals surface area contributed by atoms with Gasteiger partial charge in [-0.1, -0.05) is 176 Å². The Labute approximate surface area is 366 Å². The molecular weight excluding hydrogens is 791 g/mol. The summed E-state index contributed by atoms with van der Waals surface area (Å²) in [5.74, 6) is 4.18. The Morgan fingerprint density at radius 3 is 1.57 bits per heavy atom. The topological polar surface area (TPSA) is 73.7 Å². The molecule has 7 heteroatoms. The van der Waals surface area contributed by atoms with Gasteiger partial charge in [0.05, 0.1) is 21.3 Å². The van der Waals surface area contributed by atoms with Crippen LogP contribution in [0.4, 0.5) is 0 Å². The molecule has 0 atom stereocenters. The maximum atomic E-state index is 6.72. The molecule has 3 aromatic heterocycles. The number of fused-ring (bicyclic) bond motifs is 12. The van der Waals surface area contributed by atoms with Crippen LogP contribution in [0.2, 0.25) is 0 Å². The zero-order chi connectivity index (χ0) is 41.5. The Morgan fingerprint density at radius 2 is 0.921 bits per heavy atom. The van der Waals surface area contributed by atoms with Crippen molar-refractivity contribution in [2.24, 2.45) is 0 Å². The largest absolute Gasteiger partial charge is 0.457 e. The van der Waals surface area contributed by atoms with Crippen LogP contribution in [0, 0.1) is 0 Å². The summed E-state index contributed by atoms with van der Waals surface area (Å²) in [7, 11) is 0. The molecule has 0 saturated heterocycles. The Bertz CT molecular complexity index is 3500. The van der Waals surface area contributed by atoms with E-state index in [9.17, 15) is 0 Å². The minimum atomic E-state index is -0.712. The predicted molar refractivity (Wildman–Crippen MR) is 253 cm³/mol. The molecule has 1 aliphatic heterocycles. The maximum Gasteiger partial charge on any atom is 0.164 e. The third kappa shape index (κ3) is 5.40. The number of nitrogens with zero attached hydrogens (tertiary/aromatic N) is 5. The van der Waals surface area contributed by atoms with E-state index in [1.807, 2.05) is 66.7 Å². The van der Waals surface area contributed by atoms with Gasteiger partial charge in [-0.25, -0.2) is 24.9 Å². The quantitative estimate of drug-likeness (QED) is 0.172. The molecule has 1 spiro atoms. The molecule has 0 bridgehead atoms. The van der Waals surface area contributed by atoms with E-state index in [4.69, 9.17) is 29.7 Å². The average molecular weight is 824 g/mol. The highest BCUT2D eigenvalue weighted by molar-refractivity contribution is 7.26. The summed E-state index contributed by atoms with van der Waals surface area (Å²) in [4.78, 5) is 26.3. The zero-order valence-corrected chi connectivity index (χ0v) is 34.4. The van der Waals surface area contributed by atoms with Crippen molar-refractivity contribution in [1.82, 2.24) is 24.9 Å². The highest BCUT2D eigenvalue weighted by Gasteiger charge is 2.52. The first-order valence-corrected chi connectivity index (χ1v) is 21.8. The molecule has 11 aromatic rings. The van der Waals surface area contributed by atoms with Crippen molar-refractivity contribution >= 4 is 31.6 Å². The van der Waals surface area contributed by atoms with Crippen LogP contribution in [-0.4, -0.2) is 24.9 Å². The summed E-state index contributed by atoms with van der Waals surface area (Å²) in [6, 6.07) is 69.5. The molecule has 13 rings (SSSR count). The van der Waals surface area contributed by atoms with Crippen molar-refractivity contribution in [2.45, 2.75) is 5.41 Å². The summed E-state index contributed by atoms with van der Waals surface area (Å²) < 4.78 is 8.94. The summed E-state index contributed by atoms with van der Waals surface area (Å²) in [6.07, 6.45) is 0. The number of hydrogen-bond donors (Lipinski definition) is 0. The smallest absolute Gasteiger partial charge is 0.164 e. The van der Waals surface area contributed by atoms with Gasteiger partial charge in [-0.3, -0.25) is 0 Å². The van der Waals surface area contributed by atoms with Crippen LogP contribution >= 0.6 is 11.3 Å². The van der Waals surface area contributed by atoms with E-state index in [2.05, 4.69) is 133 Å². The number of aromatic nitrogens is 5. The molecule has 0 radical (unpaired) electrons. The van der Waals surface area contributed by atoms with Gasteiger partial charge in [0.25, 0.3) is 0 Å². The highest BCUT2D eigenvalue weighted by Crippen LogP contribution is 2.63. The minimum absolute atomic E-state index is 0.599. The fourth-order valence-electron chi connectivity index (χ4n) is 9.72. The summed E-state index contributed by atoms with van der Waals surface area (Å²) in [6.45, 7) is 0. The van der Waals surface area contributed by atoms with Crippen LogP contribution in [-0.2, 0) is 5.41 Å². The molecule has 4 heterocycles. The number of ether oxygens (including phenoxy) is 1.